The van der Waals surface area contributed by atoms with Crippen molar-refractivity contribution in [1.29, 1.82) is 0 Å². The van der Waals surface area contributed by atoms with Crippen LogP contribution in [0.15, 0.2) is 24.3 Å². The number of fused-ring (bicyclic) bond motifs is 1. The zero-order chi connectivity index (χ0) is 12.1. The van der Waals surface area contributed by atoms with Crippen molar-refractivity contribution < 1.29 is 0 Å². The summed E-state index contributed by atoms with van der Waals surface area (Å²) in [6.07, 6.45) is 3.32. The molecule has 0 fully saturated rings. The van der Waals surface area contributed by atoms with Gasteiger partial charge >= 0.3 is 0 Å². The van der Waals surface area contributed by atoms with Gasteiger partial charge < -0.3 is 5.32 Å². The Morgan fingerprint density at radius 3 is 2.94 bits per heavy atom. The van der Waals surface area contributed by atoms with Gasteiger partial charge in [-0.2, -0.15) is 16.9 Å². The molecule has 0 amide bonds. The molecule has 1 heterocycles. The fourth-order valence-corrected chi connectivity index (χ4v) is 2.44. The second-order valence-corrected chi connectivity index (χ2v) is 5.05. The fraction of sp³-hybridized carbons (Fsp3) is 0.462. The predicted molar refractivity (Wildman–Crippen MR) is 75.5 cm³/mol. The van der Waals surface area contributed by atoms with Gasteiger partial charge in [0.1, 0.15) is 0 Å². The molecular weight excluding hydrogens is 230 g/mol. The molecule has 0 radical (unpaired) electrons. The van der Waals surface area contributed by atoms with Crippen molar-refractivity contribution in [1.82, 2.24) is 15.1 Å². The molecule has 0 saturated carbocycles. The summed E-state index contributed by atoms with van der Waals surface area (Å²) in [7, 11) is 1.96. The van der Waals surface area contributed by atoms with Crippen LogP contribution in [0.5, 0.6) is 0 Å². The van der Waals surface area contributed by atoms with E-state index in [9.17, 15) is 0 Å². The molecule has 2 aromatic rings. The Hall–Kier alpha value is -1.00. The number of rotatable bonds is 6. The molecule has 1 aromatic heterocycles. The van der Waals surface area contributed by atoms with Gasteiger partial charge in [-0.3, -0.25) is 4.68 Å². The summed E-state index contributed by atoms with van der Waals surface area (Å²) in [5.74, 6) is 1.19. The maximum absolute atomic E-state index is 4.70. The van der Waals surface area contributed by atoms with E-state index in [-0.39, 0.29) is 0 Å². The lowest BCUT2D eigenvalue weighted by atomic mass is 10.2. The van der Waals surface area contributed by atoms with Crippen LogP contribution >= 0.6 is 11.8 Å². The van der Waals surface area contributed by atoms with Gasteiger partial charge in [0.2, 0.25) is 0 Å². The van der Waals surface area contributed by atoms with Crippen LogP contribution in [0.4, 0.5) is 0 Å². The van der Waals surface area contributed by atoms with E-state index in [1.54, 1.807) is 0 Å². The summed E-state index contributed by atoms with van der Waals surface area (Å²) < 4.78 is 2.14. The van der Waals surface area contributed by atoms with Gasteiger partial charge in [0, 0.05) is 18.5 Å². The van der Waals surface area contributed by atoms with E-state index >= 15 is 0 Å². The first kappa shape index (κ1) is 12.5. The van der Waals surface area contributed by atoms with E-state index in [1.807, 2.05) is 18.8 Å². The minimum Gasteiger partial charge on any atom is -0.314 e. The van der Waals surface area contributed by atoms with Crippen molar-refractivity contribution in [2.45, 2.75) is 19.5 Å². The summed E-state index contributed by atoms with van der Waals surface area (Å²) in [5.41, 5.74) is 2.39. The number of para-hydroxylation sites is 1. The van der Waals surface area contributed by atoms with Crippen molar-refractivity contribution in [2.24, 2.45) is 0 Å². The molecular formula is C13H19N3S. The highest BCUT2D eigenvalue weighted by Gasteiger charge is 2.08. The quantitative estimate of drug-likeness (QED) is 0.798. The van der Waals surface area contributed by atoms with Gasteiger partial charge in [-0.1, -0.05) is 18.2 Å². The molecule has 0 saturated heterocycles. The number of aromatic nitrogens is 2. The normalized spacial score (nSPS) is 11.2. The number of benzene rings is 1. The van der Waals surface area contributed by atoms with E-state index in [0.717, 1.165) is 18.8 Å². The van der Waals surface area contributed by atoms with Crippen LogP contribution in [0.1, 0.15) is 12.1 Å². The molecule has 17 heavy (non-hydrogen) atoms. The highest BCUT2D eigenvalue weighted by Crippen LogP contribution is 2.18. The zero-order valence-electron chi connectivity index (χ0n) is 10.4. The Balaban J connectivity index is 2.28. The Kier molecular flexibility index (Phi) is 4.45. The summed E-state index contributed by atoms with van der Waals surface area (Å²) >= 11 is 1.89. The van der Waals surface area contributed by atoms with Gasteiger partial charge in [0.05, 0.1) is 11.2 Å². The smallest absolute Gasteiger partial charge is 0.0841 e. The first-order valence-corrected chi connectivity index (χ1v) is 7.34. The first-order valence-electron chi connectivity index (χ1n) is 5.94. The van der Waals surface area contributed by atoms with Crippen molar-refractivity contribution in [3.8, 4) is 0 Å². The molecule has 0 atom stereocenters. The van der Waals surface area contributed by atoms with Crippen LogP contribution in [0.25, 0.3) is 10.9 Å². The molecule has 0 aliphatic heterocycles. The van der Waals surface area contributed by atoms with E-state index in [2.05, 4.69) is 40.5 Å². The number of nitrogens with zero attached hydrogens (tertiary/aromatic N) is 2. The standard InChI is InChI=1S/C13H19N3S/c1-14-10-12-11-6-3-4-7-13(11)16(15-12)8-5-9-17-2/h3-4,6-7,14H,5,8-10H2,1-2H3. The fourth-order valence-electron chi connectivity index (χ4n) is 2.02. The molecule has 0 unspecified atom stereocenters. The Morgan fingerprint density at radius 1 is 1.35 bits per heavy atom. The number of thioether (sulfide) groups is 1. The van der Waals surface area contributed by atoms with E-state index in [4.69, 9.17) is 5.10 Å². The average Bonchev–Trinajstić information content (AvgIpc) is 2.70. The number of nitrogens with one attached hydrogen (secondary N) is 1. The minimum absolute atomic E-state index is 0.829. The molecule has 0 spiro atoms. The van der Waals surface area contributed by atoms with E-state index in [1.165, 1.54) is 23.1 Å². The summed E-state index contributed by atoms with van der Waals surface area (Å²) in [4.78, 5) is 0. The Morgan fingerprint density at radius 2 is 2.18 bits per heavy atom. The van der Waals surface area contributed by atoms with Gasteiger partial charge in [0.15, 0.2) is 0 Å². The molecule has 1 aromatic carbocycles. The second-order valence-electron chi connectivity index (χ2n) is 4.06. The maximum atomic E-state index is 4.70. The van der Waals surface area contributed by atoms with Crippen LogP contribution in [0.3, 0.4) is 0 Å². The van der Waals surface area contributed by atoms with Gasteiger partial charge in [-0.15, -0.1) is 0 Å². The topological polar surface area (TPSA) is 29.9 Å². The van der Waals surface area contributed by atoms with Gasteiger partial charge in [0.25, 0.3) is 0 Å². The zero-order valence-corrected chi connectivity index (χ0v) is 11.3. The van der Waals surface area contributed by atoms with Crippen molar-refractivity contribution in [2.75, 3.05) is 19.1 Å². The highest BCUT2D eigenvalue weighted by molar-refractivity contribution is 7.98. The number of aryl methyl sites for hydroxylation is 1. The van der Waals surface area contributed by atoms with Gasteiger partial charge in [-0.05, 0) is 31.5 Å². The molecule has 92 valence electrons. The Labute approximate surface area is 107 Å². The van der Waals surface area contributed by atoms with Crippen LogP contribution in [0.2, 0.25) is 0 Å². The van der Waals surface area contributed by atoms with Crippen molar-refractivity contribution >= 4 is 22.7 Å². The van der Waals surface area contributed by atoms with E-state index < -0.39 is 0 Å². The van der Waals surface area contributed by atoms with Crippen LogP contribution in [-0.4, -0.2) is 28.8 Å². The van der Waals surface area contributed by atoms with E-state index in [0.29, 0.717) is 0 Å². The Bertz CT molecular complexity index is 478. The predicted octanol–water partition coefficient (Wildman–Crippen LogP) is 2.51. The number of hydrogen-bond acceptors (Lipinski definition) is 3. The largest absolute Gasteiger partial charge is 0.314 e. The van der Waals surface area contributed by atoms with Crippen molar-refractivity contribution in [3.05, 3.63) is 30.0 Å². The van der Waals surface area contributed by atoms with Crippen LogP contribution in [0, 0.1) is 0 Å². The van der Waals surface area contributed by atoms with Gasteiger partial charge in [-0.25, -0.2) is 0 Å². The molecule has 2 rings (SSSR count). The third-order valence-electron chi connectivity index (χ3n) is 2.80. The lowest BCUT2D eigenvalue weighted by molar-refractivity contribution is 0.610. The summed E-state index contributed by atoms with van der Waals surface area (Å²) in [6.45, 7) is 1.83. The summed E-state index contributed by atoms with van der Waals surface area (Å²) in [6, 6.07) is 8.47. The molecule has 0 bridgehead atoms. The molecule has 0 aliphatic carbocycles. The third-order valence-corrected chi connectivity index (χ3v) is 3.49. The van der Waals surface area contributed by atoms with Crippen LogP contribution < -0.4 is 5.32 Å². The molecule has 4 heteroatoms. The second kappa shape index (κ2) is 6.07. The third kappa shape index (κ3) is 2.82. The lowest BCUT2D eigenvalue weighted by Gasteiger charge is -2.01. The van der Waals surface area contributed by atoms with Crippen LogP contribution in [-0.2, 0) is 13.1 Å². The molecule has 1 N–H and O–H groups in total. The number of hydrogen-bond donors (Lipinski definition) is 1. The van der Waals surface area contributed by atoms with Crippen molar-refractivity contribution in [3.63, 3.8) is 0 Å². The molecule has 3 nitrogen and oxygen atoms in total. The average molecular weight is 249 g/mol. The first-order chi connectivity index (χ1) is 8.36. The maximum Gasteiger partial charge on any atom is 0.0841 e. The SMILES string of the molecule is CNCc1nn(CCCSC)c2ccccc12. The molecule has 0 aliphatic rings. The minimum atomic E-state index is 0.829. The highest BCUT2D eigenvalue weighted by atomic mass is 32.2. The monoisotopic (exact) mass is 249 g/mol. The summed E-state index contributed by atoms with van der Waals surface area (Å²) in [5, 5.41) is 9.14. The lowest BCUT2D eigenvalue weighted by Crippen LogP contribution is -2.07.